The summed E-state index contributed by atoms with van der Waals surface area (Å²) in [6, 6.07) is 0. The first-order chi connectivity index (χ1) is 9.91. The first-order valence-electron chi connectivity index (χ1n) is 7.60. The van der Waals surface area contributed by atoms with Gasteiger partial charge in [0.05, 0.1) is 10.5 Å². The van der Waals surface area contributed by atoms with Crippen LogP contribution in [0, 0.1) is 27.7 Å². The number of hydrogen-bond donors (Lipinski definition) is 2. The average molecular weight is 300 g/mol. The maximum Gasteiger partial charge on any atom is 0.0778 e. The fourth-order valence-electron chi connectivity index (χ4n) is 3.39. The van der Waals surface area contributed by atoms with Crippen molar-refractivity contribution in [2.24, 2.45) is 0 Å². The van der Waals surface area contributed by atoms with E-state index in [1.54, 1.807) is 0 Å². The average Bonchev–Trinajstić information content (AvgIpc) is 2.81. The van der Waals surface area contributed by atoms with Crippen molar-refractivity contribution in [3.05, 3.63) is 33.9 Å². The Kier molecular flexibility index (Phi) is 3.66. The zero-order valence-electron chi connectivity index (χ0n) is 13.6. The molecule has 0 radical (unpaired) electrons. The Morgan fingerprint density at radius 3 is 2.33 bits per heavy atom. The highest BCUT2D eigenvalue weighted by atomic mass is 32.1. The molecule has 1 aliphatic rings. The van der Waals surface area contributed by atoms with Crippen LogP contribution in [0.4, 0.5) is 0 Å². The molecule has 0 atom stereocenters. The fourth-order valence-corrected chi connectivity index (χ4v) is 3.76. The summed E-state index contributed by atoms with van der Waals surface area (Å²) in [5.41, 5.74) is 9.55. The number of thiol groups is 1. The normalized spacial score (nSPS) is 16.6. The molecule has 1 N–H and O–H groups in total. The highest BCUT2D eigenvalue weighted by Gasteiger charge is 2.21. The summed E-state index contributed by atoms with van der Waals surface area (Å²) in [6.45, 7) is 11.0. The largest absolute Gasteiger partial charge is 0.349 e. The number of aromatic amines is 1. The molecule has 0 bridgehead atoms. The monoisotopic (exact) mass is 300 g/mol. The second-order valence-electron chi connectivity index (χ2n) is 6.34. The molecule has 21 heavy (non-hydrogen) atoms. The molecular weight excluding hydrogens is 276 g/mol. The Balaban J connectivity index is 2.32. The van der Waals surface area contributed by atoms with Gasteiger partial charge in [-0.15, -0.1) is 12.6 Å². The van der Waals surface area contributed by atoms with Gasteiger partial charge >= 0.3 is 0 Å². The molecule has 2 nitrogen and oxygen atoms in total. The smallest absolute Gasteiger partial charge is 0.0778 e. The van der Waals surface area contributed by atoms with Crippen LogP contribution in [0.5, 0.6) is 0 Å². The first kappa shape index (κ1) is 14.7. The molecule has 0 aliphatic carbocycles. The van der Waals surface area contributed by atoms with Gasteiger partial charge in [0, 0.05) is 24.0 Å². The number of benzene rings is 1. The molecular formula is C18H24N2S. The third kappa shape index (κ3) is 2.23. The van der Waals surface area contributed by atoms with Gasteiger partial charge in [-0.2, -0.15) is 0 Å². The molecule has 1 aromatic carbocycles. The van der Waals surface area contributed by atoms with E-state index in [-0.39, 0.29) is 0 Å². The Bertz CT molecular complexity index is 753. The predicted molar refractivity (Wildman–Crippen MR) is 94.6 cm³/mol. The molecule has 2 aromatic rings. The van der Waals surface area contributed by atoms with Gasteiger partial charge in [0.1, 0.15) is 0 Å². The second-order valence-corrected chi connectivity index (χ2v) is 6.79. The molecule has 1 aliphatic heterocycles. The number of fused-ring (bicyclic) bond motifs is 1. The van der Waals surface area contributed by atoms with Crippen molar-refractivity contribution in [1.29, 1.82) is 0 Å². The van der Waals surface area contributed by atoms with Crippen molar-refractivity contribution in [3.8, 4) is 0 Å². The lowest BCUT2D eigenvalue weighted by atomic mass is 9.91. The van der Waals surface area contributed by atoms with E-state index in [9.17, 15) is 0 Å². The van der Waals surface area contributed by atoms with Crippen LogP contribution in [0.3, 0.4) is 0 Å². The molecule has 2 heterocycles. The minimum absolute atomic E-state index is 1.01. The van der Waals surface area contributed by atoms with E-state index in [4.69, 9.17) is 12.6 Å². The van der Waals surface area contributed by atoms with Crippen molar-refractivity contribution in [2.75, 3.05) is 20.1 Å². The van der Waals surface area contributed by atoms with Crippen LogP contribution in [0.25, 0.3) is 16.5 Å². The van der Waals surface area contributed by atoms with Crippen molar-refractivity contribution in [2.45, 2.75) is 39.1 Å². The van der Waals surface area contributed by atoms with Crippen LogP contribution < -0.4 is 0 Å². The SMILES string of the molecule is Cc1c(C)c(C)c2c(C3=CCN(C)CC3)c(S)[nH]c2c1C. The highest BCUT2D eigenvalue weighted by Crippen LogP contribution is 2.39. The van der Waals surface area contributed by atoms with E-state index >= 15 is 0 Å². The molecule has 1 aromatic heterocycles. The summed E-state index contributed by atoms with van der Waals surface area (Å²) in [5, 5.41) is 2.38. The fraction of sp³-hybridized carbons (Fsp3) is 0.444. The lowest BCUT2D eigenvalue weighted by Gasteiger charge is -2.22. The summed E-state index contributed by atoms with van der Waals surface area (Å²) >= 11 is 4.74. The first-order valence-corrected chi connectivity index (χ1v) is 8.05. The Morgan fingerprint density at radius 1 is 1.05 bits per heavy atom. The minimum atomic E-state index is 1.01. The van der Waals surface area contributed by atoms with Gasteiger partial charge in [-0.1, -0.05) is 6.08 Å². The molecule has 0 amide bonds. The summed E-state index contributed by atoms with van der Waals surface area (Å²) in [5.74, 6) is 0. The topological polar surface area (TPSA) is 19.0 Å². The number of hydrogen-bond acceptors (Lipinski definition) is 2. The van der Waals surface area contributed by atoms with Crippen molar-refractivity contribution in [3.63, 3.8) is 0 Å². The zero-order valence-corrected chi connectivity index (χ0v) is 14.5. The van der Waals surface area contributed by atoms with E-state index in [1.165, 1.54) is 44.3 Å². The van der Waals surface area contributed by atoms with Gasteiger partial charge in [-0.05, 0) is 69.0 Å². The molecule has 112 valence electrons. The Morgan fingerprint density at radius 2 is 1.71 bits per heavy atom. The predicted octanol–water partition coefficient (Wildman–Crippen LogP) is 4.41. The Labute approximate surface area is 132 Å². The van der Waals surface area contributed by atoms with E-state index in [0.29, 0.717) is 0 Å². The second kappa shape index (κ2) is 5.22. The molecule has 3 heteroatoms. The van der Waals surface area contributed by atoms with Crippen LogP contribution in [0.2, 0.25) is 0 Å². The van der Waals surface area contributed by atoms with Crippen LogP contribution in [-0.4, -0.2) is 30.0 Å². The third-order valence-corrected chi connectivity index (χ3v) is 5.49. The third-order valence-electron chi connectivity index (χ3n) is 5.15. The van der Waals surface area contributed by atoms with Gasteiger partial charge in [0.25, 0.3) is 0 Å². The van der Waals surface area contributed by atoms with Gasteiger partial charge in [-0.3, -0.25) is 0 Å². The number of likely N-dealkylation sites (N-methyl/N-ethyl adjacent to an activating group) is 1. The quantitative estimate of drug-likeness (QED) is 0.747. The van der Waals surface area contributed by atoms with Crippen molar-refractivity contribution in [1.82, 2.24) is 9.88 Å². The van der Waals surface area contributed by atoms with Gasteiger partial charge in [0.2, 0.25) is 0 Å². The summed E-state index contributed by atoms with van der Waals surface area (Å²) < 4.78 is 0. The van der Waals surface area contributed by atoms with Gasteiger partial charge in [0.15, 0.2) is 0 Å². The number of aryl methyl sites for hydroxylation is 2. The minimum Gasteiger partial charge on any atom is -0.349 e. The van der Waals surface area contributed by atoms with E-state index in [1.807, 2.05) is 0 Å². The van der Waals surface area contributed by atoms with E-state index < -0.39 is 0 Å². The van der Waals surface area contributed by atoms with Crippen LogP contribution in [-0.2, 0) is 0 Å². The summed E-state index contributed by atoms with van der Waals surface area (Å²) in [7, 11) is 2.17. The summed E-state index contributed by atoms with van der Waals surface area (Å²) in [4.78, 5) is 5.87. The standard InChI is InChI=1S/C18H24N2S/c1-10-11(2)13(4)17-15(12(10)3)16(18(21)19-17)14-6-8-20(5)9-7-14/h6,19,21H,7-9H2,1-5H3. The van der Waals surface area contributed by atoms with E-state index in [2.05, 4.69) is 50.7 Å². The lowest BCUT2D eigenvalue weighted by Crippen LogP contribution is -2.23. The number of H-pyrrole nitrogens is 1. The zero-order chi connectivity index (χ0) is 15.3. The van der Waals surface area contributed by atoms with E-state index in [0.717, 1.165) is 24.5 Å². The number of aromatic nitrogens is 1. The van der Waals surface area contributed by atoms with Gasteiger partial charge in [-0.25, -0.2) is 0 Å². The van der Waals surface area contributed by atoms with Crippen molar-refractivity contribution >= 4 is 29.1 Å². The molecule has 0 saturated carbocycles. The van der Waals surface area contributed by atoms with Crippen LogP contribution in [0.1, 0.15) is 34.2 Å². The number of nitrogens with zero attached hydrogens (tertiary/aromatic N) is 1. The molecule has 0 spiro atoms. The lowest BCUT2D eigenvalue weighted by molar-refractivity contribution is 0.370. The highest BCUT2D eigenvalue weighted by molar-refractivity contribution is 7.80. The summed E-state index contributed by atoms with van der Waals surface area (Å²) in [6.07, 6.45) is 3.46. The maximum atomic E-state index is 4.74. The number of nitrogens with one attached hydrogen (secondary N) is 1. The molecule has 0 saturated heterocycles. The maximum absolute atomic E-state index is 4.74. The molecule has 3 rings (SSSR count). The van der Waals surface area contributed by atoms with Gasteiger partial charge < -0.3 is 9.88 Å². The van der Waals surface area contributed by atoms with Crippen LogP contribution >= 0.6 is 12.6 Å². The molecule has 0 unspecified atom stereocenters. The van der Waals surface area contributed by atoms with Crippen molar-refractivity contribution < 1.29 is 0 Å². The Hall–Kier alpha value is -1.19. The number of rotatable bonds is 1. The molecule has 0 fully saturated rings. The van der Waals surface area contributed by atoms with Crippen LogP contribution in [0.15, 0.2) is 11.1 Å².